The standard InChI is InChI=1S/C20H19NO3/c1-13(16-9-14-7-5-6-8-17(14)21-12-16)15-10-18(22-2)20(24-4)19(11-15)23-3/h5-12H,1H2,2-4H3. The average molecular weight is 321 g/mol. The van der Waals surface area contributed by atoms with E-state index in [1.54, 1.807) is 21.3 Å². The molecule has 0 atom stereocenters. The Morgan fingerprint density at radius 1 is 0.875 bits per heavy atom. The van der Waals surface area contributed by atoms with Gasteiger partial charge in [-0.3, -0.25) is 4.98 Å². The summed E-state index contributed by atoms with van der Waals surface area (Å²) in [4.78, 5) is 4.50. The quantitative estimate of drug-likeness (QED) is 0.701. The van der Waals surface area contributed by atoms with Crippen LogP contribution in [0.5, 0.6) is 17.2 Å². The number of hydrogen-bond donors (Lipinski definition) is 0. The second-order valence-corrected chi connectivity index (χ2v) is 5.31. The number of hydrogen-bond acceptors (Lipinski definition) is 4. The molecule has 0 fully saturated rings. The van der Waals surface area contributed by atoms with Gasteiger partial charge >= 0.3 is 0 Å². The van der Waals surface area contributed by atoms with Gasteiger partial charge in [0.2, 0.25) is 5.75 Å². The second-order valence-electron chi connectivity index (χ2n) is 5.31. The summed E-state index contributed by atoms with van der Waals surface area (Å²) in [5.74, 6) is 1.76. The van der Waals surface area contributed by atoms with Crippen LogP contribution in [-0.4, -0.2) is 26.3 Å². The average Bonchev–Trinajstić information content (AvgIpc) is 2.65. The number of nitrogens with zero attached hydrogens (tertiary/aromatic N) is 1. The van der Waals surface area contributed by atoms with Crippen molar-refractivity contribution in [2.45, 2.75) is 0 Å². The van der Waals surface area contributed by atoms with E-state index in [1.165, 1.54) is 0 Å². The Morgan fingerprint density at radius 2 is 1.54 bits per heavy atom. The maximum absolute atomic E-state index is 5.41. The first-order valence-electron chi connectivity index (χ1n) is 7.52. The first-order chi connectivity index (χ1) is 11.7. The normalized spacial score (nSPS) is 10.5. The molecule has 2 aromatic carbocycles. The van der Waals surface area contributed by atoms with Crippen LogP contribution in [-0.2, 0) is 0 Å². The molecule has 0 saturated heterocycles. The number of ether oxygens (including phenoxy) is 3. The zero-order valence-corrected chi connectivity index (χ0v) is 14.0. The van der Waals surface area contributed by atoms with E-state index in [0.717, 1.165) is 27.6 Å². The molecule has 0 amide bonds. The monoisotopic (exact) mass is 321 g/mol. The van der Waals surface area contributed by atoms with Crippen molar-refractivity contribution in [3.05, 3.63) is 66.4 Å². The maximum atomic E-state index is 5.41. The highest BCUT2D eigenvalue weighted by Gasteiger charge is 2.15. The van der Waals surface area contributed by atoms with Gasteiger partial charge in [-0.05, 0) is 35.4 Å². The Morgan fingerprint density at radius 3 is 2.17 bits per heavy atom. The molecule has 0 N–H and O–H groups in total. The van der Waals surface area contributed by atoms with Gasteiger partial charge in [0.1, 0.15) is 0 Å². The molecule has 4 nitrogen and oxygen atoms in total. The fourth-order valence-corrected chi connectivity index (χ4v) is 2.66. The number of methoxy groups -OCH3 is 3. The van der Waals surface area contributed by atoms with Crippen LogP contribution >= 0.6 is 0 Å². The molecule has 24 heavy (non-hydrogen) atoms. The van der Waals surface area contributed by atoms with Gasteiger partial charge in [0.05, 0.1) is 26.8 Å². The van der Waals surface area contributed by atoms with Crippen LogP contribution in [0.15, 0.2) is 55.2 Å². The molecule has 0 unspecified atom stereocenters. The highest BCUT2D eigenvalue weighted by molar-refractivity contribution is 5.86. The van der Waals surface area contributed by atoms with Gasteiger partial charge in [0.25, 0.3) is 0 Å². The van der Waals surface area contributed by atoms with Crippen molar-refractivity contribution in [1.82, 2.24) is 4.98 Å². The van der Waals surface area contributed by atoms with E-state index in [9.17, 15) is 0 Å². The summed E-state index contributed by atoms with van der Waals surface area (Å²) in [7, 11) is 4.78. The predicted octanol–water partition coefficient (Wildman–Crippen LogP) is 4.32. The van der Waals surface area contributed by atoms with E-state index < -0.39 is 0 Å². The van der Waals surface area contributed by atoms with Crippen LogP contribution in [0.25, 0.3) is 16.5 Å². The molecule has 0 aliphatic heterocycles. The van der Waals surface area contributed by atoms with Crippen molar-refractivity contribution in [3.8, 4) is 17.2 Å². The number of rotatable bonds is 5. The lowest BCUT2D eigenvalue weighted by atomic mass is 9.99. The van der Waals surface area contributed by atoms with Crippen molar-refractivity contribution in [2.75, 3.05) is 21.3 Å². The molecule has 0 aliphatic rings. The molecular weight excluding hydrogens is 302 g/mol. The SMILES string of the molecule is C=C(c1cc(OC)c(OC)c(OC)c1)c1cnc2ccccc2c1. The van der Waals surface area contributed by atoms with Gasteiger partial charge in [-0.1, -0.05) is 24.8 Å². The third-order valence-electron chi connectivity index (χ3n) is 3.95. The Balaban J connectivity index is 2.08. The maximum Gasteiger partial charge on any atom is 0.203 e. The van der Waals surface area contributed by atoms with Gasteiger partial charge in [-0.2, -0.15) is 0 Å². The summed E-state index contributed by atoms with van der Waals surface area (Å²) < 4.78 is 16.2. The minimum absolute atomic E-state index is 0.563. The van der Waals surface area contributed by atoms with Gasteiger partial charge in [0, 0.05) is 17.1 Å². The lowest BCUT2D eigenvalue weighted by molar-refractivity contribution is 0.324. The summed E-state index contributed by atoms with van der Waals surface area (Å²) in [6.45, 7) is 4.22. The molecule has 1 heterocycles. The van der Waals surface area contributed by atoms with Gasteiger partial charge in [-0.25, -0.2) is 0 Å². The highest BCUT2D eigenvalue weighted by atomic mass is 16.5. The molecule has 0 saturated carbocycles. The smallest absolute Gasteiger partial charge is 0.203 e. The minimum Gasteiger partial charge on any atom is -0.493 e. The van der Waals surface area contributed by atoms with E-state index in [0.29, 0.717) is 17.2 Å². The zero-order chi connectivity index (χ0) is 17.1. The Bertz CT molecular complexity index is 877. The fourth-order valence-electron chi connectivity index (χ4n) is 2.66. The molecule has 122 valence electrons. The van der Waals surface area contributed by atoms with Crippen LogP contribution < -0.4 is 14.2 Å². The zero-order valence-electron chi connectivity index (χ0n) is 14.0. The number of aromatic nitrogens is 1. The Labute approximate surface area is 141 Å². The number of para-hydroxylation sites is 1. The molecular formula is C20H19NO3. The van der Waals surface area contributed by atoms with E-state index in [4.69, 9.17) is 14.2 Å². The van der Waals surface area contributed by atoms with Crippen molar-refractivity contribution in [1.29, 1.82) is 0 Å². The Kier molecular flexibility index (Phi) is 4.38. The third-order valence-corrected chi connectivity index (χ3v) is 3.95. The largest absolute Gasteiger partial charge is 0.493 e. The Hall–Kier alpha value is -3.01. The van der Waals surface area contributed by atoms with Gasteiger partial charge < -0.3 is 14.2 Å². The fraction of sp³-hybridized carbons (Fsp3) is 0.150. The first kappa shape index (κ1) is 15.9. The van der Waals surface area contributed by atoms with E-state index >= 15 is 0 Å². The second kappa shape index (κ2) is 6.62. The molecule has 0 spiro atoms. The van der Waals surface area contributed by atoms with Crippen molar-refractivity contribution < 1.29 is 14.2 Å². The van der Waals surface area contributed by atoms with Crippen LogP contribution in [0.1, 0.15) is 11.1 Å². The van der Waals surface area contributed by atoms with Crippen LogP contribution in [0.3, 0.4) is 0 Å². The first-order valence-corrected chi connectivity index (χ1v) is 7.52. The number of benzene rings is 2. The predicted molar refractivity (Wildman–Crippen MR) is 96.0 cm³/mol. The summed E-state index contributed by atoms with van der Waals surface area (Å²) >= 11 is 0. The molecule has 3 rings (SSSR count). The van der Waals surface area contributed by atoms with Crippen molar-refractivity contribution in [2.24, 2.45) is 0 Å². The summed E-state index contributed by atoms with van der Waals surface area (Å²) in [5.41, 5.74) is 3.64. The molecule has 0 aliphatic carbocycles. The van der Waals surface area contributed by atoms with Crippen LogP contribution in [0, 0.1) is 0 Å². The molecule has 1 aromatic heterocycles. The molecule has 0 radical (unpaired) electrons. The number of pyridine rings is 1. The number of fused-ring (bicyclic) bond motifs is 1. The van der Waals surface area contributed by atoms with Gasteiger partial charge in [0.15, 0.2) is 11.5 Å². The lowest BCUT2D eigenvalue weighted by Gasteiger charge is -2.15. The highest BCUT2D eigenvalue weighted by Crippen LogP contribution is 2.40. The van der Waals surface area contributed by atoms with Crippen molar-refractivity contribution in [3.63, 3.8) is 0 Å². The lowest BCUT2D eigenvalue weighted by Crippen LogP contribution is -1.97. The van der Waals surface area contributed by atoms with Crippen molar-refractivity contribution >= 4 is 16.5 Å². The molecule has 3 aromatic rings. The van der Waals surface area contributed by atoms with E-state index in [-0.39, 0.29) is 0 Å². The van der Waals surface area contributed by atoms with Gasteiger partial charge in [-0.15, -0.1) is 0 Å². The van der Waals surface area contributed by atoms with Crippen LogP contribution in [0.2, 0.25) is 0 Å². The molecule has 4 heteroatoms. The summed E-state index contributed by atoms with van der Waals surface area (Å²) in [6.07, 6.45) is 1.83. The minimum atomic E-state index is 0.563. The molecule has 0 bridgehead atoms. The summed E-state index contributed by atoms with van der Waals surface area (Å²) in [5, 5.41) is 1.07. The summed E-state index contributed by atoms with van der Waals surface area (Å²) in [6, 6.07) is 13.8. The topological polar surface area (TPSA) is 40.6 Å². The van der Waals surface area contributed by atoms with E-state index in [2.05, 4.69) is 17.6 Å². The third kappa shape index (κ3) is 2.78. The van der Waals surface area contributed by atoms with E-state index in [1.807, 2.05) is 42.6 Å². The van der Waals surface area contributed by atoms with Crippen LogP contribution in [0.4, 0.5) is 0 Å².